The van der Waals surface area contributed by atoms with Crippen molar-refractivity contribution in [3.63, 3.8) is 0 Å². The number of benzene rings is 1. The van der Waals surface area contributed by atoms with Crippen LogP contribution in [0.15, 0.2) is 46.7 Å². The number of carbonyl (C=O) groups is 1. The summed E-state index contributed by atoms with van der Waals surface area (Å²) < 4.78 is 40.0. The van der Waals surface area contributed by atoms with Gasteiger partial charge in [0.05, 0.1) is 12.1 Å². The van der Waals surface area contributed by atoms with Crippen molar-refractivity contribution in [1.29, 1.82) is 0 Å². The molecule has 3 aromatic rings. The summed E-state index contributed by atoms with van der Waals surface area (Å²) in [5, 5.41) is 11.8. The molecule has 0 aliphatic rings. The van der Waals surface area contributed by atoms with Gasteiger partial charge in [0.25, 0.3) is 0 Å². The van der Waals surface area contributed by atoms with Gasteiger partial charge in [0.15, 0.2) is 5.82 Å². The van der Waals surface area contributed by atoms with Crippen LogP contribution in [0.3, 0.4) is 0 Å². The third kappa shape index (κ3) is 4.94. The van der Waals surface area contributed by atoms with E-state index in [1.807, 2.05) is 32.0 Å². The molecule has 0 bridgehead atoms. The minimum atomic E-state index is -4.44. The van der Waals surface area contributed by atoms with Crippen molar-refractivity contribution in [2.75, 3.05) is 0 Å². The largest absolute Gasteiger partial charge is 0.417 e. The first-order chi connectivity index (χ1) is 13.6. The predicted molar refractivity (Wildman–Crippen MR) is 102 cm³/mol. The Hall–Kier alpha value is -2.88. The van der Waals surface area contributed by atoms with Gasteiger partial charge in [0, 0.05) is 18.8 Å². The van der Waals surface area contributed by atoms with Crippen LogP contribution in [-0.2, 0) is 17.5 Å². The standard InChI is InChI=1S/C19H18F3N5OS/c1-11-4-6-15(8-12(11)2)27-16(10-23-13(3)28)25-26-18(27)29-17-7-5-14(9-24-17)19(20,21)22/h4-9H,10H2,1-3H3,(H,23,28). The Bertz CT molecular complexity index is 1030. The predicted octanol–water partition coefficient (Wildman–Crippen LogP) is 4.09. The number of halogens is 3. The van der Waals surface area contributed by atoms with Gasteiger partial charge in [-0.25, -0.2) is 4.98 Å². The Balaban J connectivity index is 1.97. The molecule has 0 spiro atoms. The fourth-order valence-electron chi connectivity index (χ4n) is 2.51. The molecule has 10 heteroatoms. The van der Waals surface area contributed by atoms with E-state index >= 15 is 0 Å². The fourth-order valence-corrected chi connectivity index (χ4v) is 3.32. The fraction of sp³-hybridized carbons (Fsp3) is 0.263. The average molecular weight is 421 g/mol. The molecule has 0 unspecified atom stereocenters. The number of hydrogen-bond donors (Lipinski definition) is 1. The van der Waals surface area contributed by atoms with Crippen molar-refractivity contribution in [2.45, 2.75) is 43.7 Å². The molecule has 152 valence electrons. The quantitative estimate of drug-likeness (QED) is 0.672. The molecular formula is C19H18F3N5OS. The Morgan fingerprint density at radius 3 is 2.48 bits per heavy atom. The molecule has 0 atom stereocenters. The lowest BCUT2D eigenvalue weighted by Crippen LogP contribution is -2.21. The molecule has 0 radical (unpaired) electrons. The number of nitrogens with zero attached hydrogens (tertiary/aromatic N) is 4. The molecule has 1 N–H and O–H groups in total. The van der Waals surface area contributed by atoms with Gasteiger partial charge < -0.3 is 5.32 Å². The van der Waals surface area contributed by atoms with Gasteiger partial charge >= 0.3 is 6.18 Å². The first-order valence-electron chi connectivity index (χ1n) is 8.62. The molecular weight excluding hydrogens is 403 g/mol. The van der Waals surface area contributed by atoms with Gasteiger partial charge in [0.1, 0.15) is 5.03 Å². The Labute approximate surface area is 169 Å². The van der Waals surface area contributed by atoms with Crippen LogP contribution in [-0.4, -0.2) is 25.7 Å². The molecule has 0 aliphatic heterocycles. The van der Waals surface area contributed by atoms with E-state index in [2.05, 4.69) is 20.5 Å². The highest BCUT2D eigenvalue weighted by Gasteiger charge is 2.30. The number of nitrogens with one attached hydrogen (secondary N) is 1. The van der Waals surface area contributed by atoms with Crippen molar-refractivity contribution in [1.82, 2.24) is 25.1 Å². The molecule has 0 saturated carbocycles. The summed E-state index contributed by atoms with van der Waals surface area (Å²) in [7, 11) is 0. The first-order valence-corrected chi connectivity index (χ1v) is 9.44. The third-order valence-corrected chi connectivity index (χ3v) is 5.10. The van der Waals surface area contributed by atoms with Crippen molar-refractivity contribution < 1.29 is 18.0 Å². The SMILES string of the molecule is CC(=O)NCc1nnc(Sc2ccc(C(F)(F)F)cn2)n1-c1ccc(C)c(C)c1. The summed E-state index contributed by atoms with van der Waals surface area (Å²) >= 11 is 1.09. The summed E-state index contributed by atoms with van der Waals surface area (Å²) in [6, 6.07) is 8.08. The lowest BCUT2D eigenvalue weighted by atomic mass is 10.1. The van der Waals surface area contributed by atoms with Crippen LogP contribution in [0.1, 0.15) is 29.4 Å². The lowest BCUT2D eigenvalue weighted by Gasteiger charge is -2.12. The van der Waals surface area contributed by atoms with Crippen LogP contribution in [0.4, 0.5) is 13.2 Å². The molecule has 0 fully saturated rings. The highest BCUT2D eigenvalue weighted by molar-refractivity contribution is 7.99. The molecule has 1 aromatic carbocycles. The smallest absolute Gasteiger partial charge is 0.349 e. The van der Waals surface area contributed by atoms with E-state index in [0.29, 0.717) is 16.0 Å². The van der Waals surface area contributed by atoms with Gasteiger partial charge in [-0.05, 0) is 61.0 Å². The minimum absolute atomic E-state index is 0.163. The molecule has 1 amide bonds. The van der Waals surface area contributed by atoms with E-state index in [1.54, 1.807) is 4.57 Å². The monoisotopic (exact) mass is 421 g/mol. The summed E-state index contributed by atoms with van der Waals surface area (Å²) in [4.78, 5) is 15.2. The van der Waals surface area contributed by atoms with E-state index < -0.39 is 11.7 Å². The van der Waals surface area contributed by atoms with E-state index in [1.165, 1.54) is 13.0 Å². The highest BCUT2D eigenvalue weighted by atomic mass is 32.2. The summed E-state index contributed by atoms with van der Waals surface area (Å²) in [6.07, 6.45) is -3.65. The van der Waals surface area contributed by atoms with E-state index in [0.717, 1.165) is 40.8 Å². The maximum Gasteiger partial charge on any atom is 0.417 e. The van der Waals surface area contributed by atoms with E-state index in [4.69, 9.17) is 0 Å². The zero-order valence-corrected chi connectivity index (χ0v) is 16.7. The van der Waals surface area contributed by atoms with Gasteiger partial charge in [-0.3, -0.25) is 9.36 Å². The maximum atomic E-state index is 12.7. The van der Waals surface area contributed by atoms with Gasteiger partial charge in [0.2, 0.25) is 11.1 Å². The van der Waals surface area contributed by atoms with Crippen molar-refractivity contribution in [2.24, 2.45) is 0 Å². The van der Waals surface area contributed by atoms with Crippen LogP contribution in [0.25, 0.3) is 5.69 Å². The minimum Gasteiger partial charge on any atom is -0.349 e. The zero-order valence-electron chi connectivity index (χ0n) is 15.9. The topological polar surface area (TPSA) is 72.7 Å². The van der Waals surface area contributed by atoms with E-state index in [9.17, 15) is 18.0 Å². The zero-order chi connectivity index (χ0) is 21.2. The molecule has 0 aliphatic carbocycles. The van der Waals surface area contributed by atoms with Crippen molar-refractivity contribution in [3.05, 3.63) is 59.0 Å². The molecule has 0 saturated heterocycles. The highest BCUT2D eigenvalue weighted by Crippen LogP contribution is 2.32. The normalized spacial score (nSPS) is 11.5. The van der Waals surface area contributed by atoms with E-state index in [-0.39, 0.29) is 12.5 Å². The Morgan fingerprint density at radius 1 is 1.14 bits per heavy atom. The number of rotatable bonds is 5. The number of alkyl halides is 3. The molecule has 6 nitrogen and oxygen atoms in total. The maximum absolute atomic E-state index is 12.7. The number of hydrogen-bond acceptors (Lipinski definition) is 5. The average Bonchev–Trinajstić information content (AvgIpc) is 3.04. The number of amides is 1. The number of aryl methyl sites for hydroxylation is 2. The summed E-state index contributed by atoms with van der Waals surface area (Å²) in [6.45, 7) is 5.53. The summed E-state index contributed by atoms with van der Waals surface area (Å²) in [5.74, 6) is 0.288. The van der Waals surface area contributed by atoms with Crippen LogP contribution in [0.2, 0.25) is 0 Å². The van der Waals surface area contributed by atoms with Crippen LogP contribution < -0.4 is 5.32 Å². The second kappa shape index (κ2) is 8.24. The van der Waals surface area contributed by atoms with Gasteiger partial charge in [-0.1, -0.05) is 6.07 Å². The molecule has 29 heavy (non-hydrogen) atoms. The van der Waals surface area contributed by atoms with Crippen LogP contribution in [0.5, 0.6) is 0 Å². The van der Waals surface area contributed by atoms with Crippen molar-refractivity contribution in [3.8, 4) is 5.69 Å². The molecule has 3 rings (SSSR count). The number of carbonyl (C=O) groups excluding carboxylic acids is 1. The first kappa shape index (κ1) is 20.8. The van der Waals surface area contributed by atoms with Gasteiger partial charge in [-0.15, -0.1) is 10.2 Å². The Morgan fingerprint density at radius 2 is 1.90 bits per heavy atom. The van der Waals surface area contributed by atoms with Crippen LogP contribution >= 0.6 is 11.8 Å². The summed E-state index contributed by atoms with van der Waals surface area (Å²) in [5.41, 5.74) is 2.14. The molecule has 2 aromatic heterocycles. The molecule has 2 heterocycles. The van der Waals surface area contributed by atoms with Gasteiger partial charge in [-0.2, -0.15) is 13.2 Å². The third-order valence-electron chi connectivity index (χ3n) is 4.20. The second-order valence-corrected chi connectivity index (χ2v) is 7.38. The lowest BCUT2D eigenvalue weighted by molar-refractivity contribution is -0.137. The number of aromatic nitrogens is 4. The number of pyridine rings is 1. The van der Waals surface area contributed by atoms with Crippen LogP contribution in [0, 0.1) is 13.8 Å². The Kier molecular flexibility index (Phi) is 5.92. The van der Waals surface area contributed by atoms with Crippen molar-refractivity contribution >= 4 is 17.7 Å². The second-order valence-electron chi connectivity index (χ2n) is 6.40.